The van der Waals surface area contributed by atoms with E-state index in [-0.39, 0.29) is 11.2 Å². The fourth-order valence-electron chi connectivity index (χ4n) is 2.90. The average Bonchev–Trinajstić information content (AvgIpc) is 2.59. The molecule has 2 N–H and O–H groups in total. The predicted octanol–water partition coefficient (Wildman–Crippen LogP) is 4.36. The minimum atomic E-state index is -1.38. The summed E-state index contributed by atoms with van der Waals surface area (Å²) in [6.45, 7) is 12.9. The first-order chi connectivity index (χ1) is 11.9. The van der Waals surface area contributed by atoms with Crippen molar-refractivity contribution >= 4 is 11.4 Å². The Hall–Kier alpha value is -2.23. The first kappa shape index (κ1) is 20.1. The van der Waals surface area contributed by atoms with Crippen LogP contribution >= 0.6 is 0 Å². The van der Waals surface area contributed by atoms with Crippen molar-refractivity contribution in [3.05, 3.63) is 77.4 Å². The van der Waals surface area contributed by atoms with Gasteiger partial charge in [0.15, 0.2) is 5.78 Å². The van der Waals surface area contributed by atoms with Crippen LogP contribution in [0.3, 0.4) is 0 Å². The van der Waals surface area contributed by atoms with Gasteiger partial charge in [-0.2, -0.15) is 0 Å². The standard InChI is InChI=1S/C23H28O3/c1-15(16(2)24)17-7-11-19(12-8-17)22(3,4)20-13-9-18(10-14-20)21(25)23(5,6)26/h7-14,16,24,26H,1H2,2-6H3. The molecule has 0 amide bonds. The Morgan fingerprint density at radius 1 is 0.885 bits per heavy atom. The van der Waals surface area contributed by atoms with Gasteiger partial charge in [-0.15, -0.1) is 0 Å². The third kappa shape index (κ3) is 4.12. The zero-order chi connectivity index (χ0) is 19.7. The van der Waals surface area contributed by atoms with Crippen molar-refractivity contribution < 1.29 is 15.0 Å². The molecule has 138 valence electrons. The van der Waals surface area contributed by atoms with Crippen LogP contribution in [0.2, 0.25) is 0 Å². The van der Waals surface area contributed by atoms with Gasteiger partial charge < -0.3 is 10.2 Å². The number of carbonyl (C=O) groups excluding carboxylic acids is 1. The van der Waals surface area contributed by atoms with E-state index in [9.17, 15) is 15.0 Å². The number of rotatable bonds is 6. The van der Waals surface area contributed by atoms with Gasteiger partial charge in [0.2, 0.25) is 0 Å². The predicted molar refractivity (Wildman–Crippen MR) is 106 cm³/mol. The molecule has 1 unspecified atom stereocenters. The third-order valence-electron chi connectivity index (χ3n) is 4.91. The van der Waals surface area contributed by atoms with Crippen LogP contribution in [0, 0.1) is 0 Å². The van der Waals surface area contributed by atoms with Gasteiger partial charge in [-0.3, -0.25) is 4.79 Å². The molecule has 0 saturated carbocycles. The molecule has 2 rings (SSSR count). The Bertz CT molecular complexity index is 789. The highest BCUT2D eigenvalue weighted by Gasteiger charge is 2.27. The molecule has 0 aliphatic carbocycles. The molecule has 0 bridgehead atoms. The van der Waals surface area contributed by atoms with Crippen molar-refractivity contribution in [1.82, 2.24) is 0 Å². The smallest absolute Gasteiger partial charge is 0.193 e. The van der Waals surface area contributed by atoms with Crippen molar-refractivity contribution in [1.29, 1.82) is 0 Å². The number of Topliss-reactive ketones (excluding diaryl/α,β-unsaturated/α-hetero) is 1. The lowest BCUT2D eigenvalue weighted by Gasteiger charge is -2.27. The highest BCUT2D eigenvalue weighted by atomic mass is 16.3. The average molecular weight is 352 g/mol. The fraction of sp³-hybridized carbons (Fsp3) is 0.348. The van der Waals surface area contributed by atoms with Crippen LogP contribution in [0.25, 0.3) is 5.57 Å². The van der Waals surface area contributed by atoms with Gasteiger partial charge in [0.1, 0.15) is 5.60 Å². The number of carbonyl (C=O) groups is 1. The molecule has 3 heteroatoms. The maximum Gasteiger partial charge on any atom is 0.193 e. The topological polar surface area (TPSA) is 57.5 Å². The van der Waals surface area contributed by atoms with E-state index in [1.165, 1.54) is 13.8 Å². The van der Waals surface area contributed by atoms with E-state index in [4.69, 9.17) is 0 Å². The molecule has 0 heterocycles. The molecule has 0 aliphatic heterocycles. The molecule has 26 heavy (non-hydrogen) atoms. The Labute approximate surface area is 156 Å². The first-order valence-corrected chi connectivity index (χ1v) is 8.80. The molecule has 0 aliphatic rings. The summed E-state index contributed by atoms with van der Waals surface area (Å²) in [4.78, 5) is 12.2. The van der Waals surface area contributed by atoms with Crippen LogP contribution in [-0.4, -0.2) is 27.7 Å². The lowest BCUT2D eigenvalue weighted by atomic mass is 9.77. The second kappa shape index (κ2) is 7.18. The van der Waals surface area contributed by atoms with Gasteiger partial charge in [0.25, 0.3) is 0 Å². The molecule has 3 nitrogen and oxygen atoms in total. The number of aliphatic hydroxyl groups is 2. The van der Waals surface area contributed by atoms with E-state index in [2.05, 4.69) is 20.4 Å². The van der Waals surface area contributed by atoms with Crippen LogP contribution in [0.5, 0.6) is 0 Å². The van der Waals surface area contributed by atoms with Crippen molar-refractivity contribution in [2.75, 3.05) is 0 Å². The van der Waals surface area contributed by atoms with Crippen molar-refractivity contribution in [3.8, 4) is 0 Å². The highest BCUT2D eigenvalue weighted by molar-refractivity contribution is 6.01. The molecule has 0 spiro atoms. The van der Waals surface area contributed by atoms with Gasteiger partial charge in [0.05, 0.1) is 6.10 Å². The first-order valence-electron chi connectivity index (χ1n) is 8.80. The van der Waals surface area contributed by atoms with E-state index in [0.717, 1.165) is 16.7 Å². The van der Waals surface area contributed by atoms with Crippen molar-refractivity contribution in [2.45, 2.75) is 51.7 Å². The quantitative estimate of drug-likeness (QED) is 0.760. The highest BCUT2D eigenvalue weighted by Crippen LogP contribution is 2.32. The van der Waals surface area contributed by atoms with Crippen LogP contribution in [0.4, 0.5) is 0 Å². The molecule has 0 radical (unpaired) electrons. The molecule has 1 atom stereocenters. The summed E-state index contributed by atoms with van der Waals surface area (Å²) in [5.74, 6) is -0.289. The number of aliphatic hydroxyl groups excluding tert-OH is 1. The maximum absolute atomic E-state index is 12.2. The normalized spacial score (nSPS) is 13.3. The van der Waals surface area contributed by atoms with Gasteiger partial charge in [0, 0.05) is 11.0 Å². The van der Waals surface area contributed by atoms with E-state index < -0.39 is 11.7 Å². The van der Waals surface area contributed by atoms with Crippen LogP contribution in [-0.2, 0) is 5.41 Å². The largest absolute Gasteiger partial charge is 0.389 e. The van der Waals surface area contributed by atoms with E-state index in [0.29, 0.717) is 11.1 Å². The van der Waals surface area contributed by atoms with E-state index in [1.807, 2.05) is 36.4 Å². The van der Waals surface area contributed by atoms with Crippen molar-refractivity contribution in [3.63, 3.8) is 0 Å². The lowest BCUT2D eigenvalue weighted by molar-refractivity contribution is 0.0488. The summed E-state index contributed by atoms with van der Waals surface area (Å²) < 4.78 is 0. The molecule has 0 saturated heterocycles. The Balaban J connectivity index is 2.30. The summed E-state index contributed by atoms with van der Waals surface area (Å²) in [5, 5.41) is 19.5. The van der Waals surface area contributed by atoms with Gasteiger partial charge in [-0.05, 0) is 43.0 Å². The fourth-order valence-corrected chi connectivity index (χ4v) is 2.90. The van der Waals surface area contributed by atoms with Gasteiger partial charge >= 0.3 is 0 Å². The van der Waals surface area contributed by atoms with Gasteiger partial charge in [-0.1, -0.05) is 69.0 Å². The second-order valence-corrected chi connectivity index (χ2v) is 7.87. The number of benzene rings is 2. The SMILES string of the molecule is C=C(c1ccc(C(C)(C)c2ccc(C(=O)C(C)(C)O)cc2)cc1)C(C)O. The Kier molecular flexibility index (Phi) is 5.55. The summed E-state index contributed by atoms with van der Waals surface area (Å²) in [5.41, 5.74) is 2.70. The lowest BCUT2D eigenvalue weighted by Crippen LogP contribution is -2.31. The summed E-state index contributed by atoms with van der Waals surface area (Å²) in [7, 11) is 0. The Morgan fingerprint density at radius 2 is 1.27 bits per heavy atom. The summed E-state index contributed by atoms with van der Waals surface area (Å²) in [6.07, 6.45) is -0.574. The molecular weight excluding hydrogens is 324 g/mol. The zero-order valence-corrected chi connectivity index (χ0v) is 16.2. The van der Waals surface area contributed by atoms with E-state index >= 15 is 0 Å². The maximum atomic E-state index is 12.2. The minimum Gasteiger partial charge on any atom is -0.389 e. The third-order valence-corrected chi connectivity index (χ3v) is 4.91. The molecule has 0 fully saturated rings. The summed E-state index contributed by atoms with van der Waals surface area (Å²) >= 11 is 0. The minimum absolute atomic E-state index is 0.249. The van der Waals surface area contributed by atoms with Gasteiger partial charge in [-0.25, -0.2) is 0 Å². The van der Waals surface area contributed by atoms with Crippen LogP contribution < -0.4 is 0 Å². The summed E-state index contributed by atoms with van der Waals surface area (Å²) in [6, 6.07) is 15.4. The monoisotopic (exact) mass is 352 g/mol. The Morgan fingerprint density at radius 3 is 1.62 bits per heavy atom. The van der Waals surface area contributed by atoms with Crippen molar-refractivity contribution in [2.24, 2.45) is 0 Å². The molecule has 2 aromatic rings. The van der Waals surface area contributed by atoms with Crippen LogP contribution in [0.1, 0.15) is 61.7 Å². The van der Waals surface area contributed by atoms with Crippen LogP contribution in [0.15, 0.2) is 55.1 Å². The number of hydrogen-bond donors (Lipinski definition) is 2. The van der Waals surface area contributed by atoms with E-state index in [1.54, 1.807) is 19.1 Å². The zero-order valence-electron chi connectivity index (χ0n) is 16.2. The number of hydrogen-bond acceptors (Lipinski definition) is 3. The molecular formula is C23H28O3. The second-order valence-electron chi connectivity index (χ2n) is 7.87. The number of ketones is 1. The molecule has 0 aromatic heterocycles. The molecule has 2 aromatic carbocycles.